The summed E-state index contributed by atoms with van der Waals surface area (Å²) < 4.78 is 16.8. The first kappa shape index (κ1) is 19.7. The molecule has 0 aromatic heterocycles. The maximum atomic E-state index is 12.7. The van der Waals surface area contributed by atoms with Crippen LogP contribution in [0.3, 0.4) is 0 Å². The zero-order valence-corrected chi connectivity index (χ0v) is 16.3. The van der Waals surface area contributed by atoms with Crippen molar-refractivity contribution in [2.45, 2.75) is 25.3 Å². The van der Waals surface area contributed by atoms with Gasteiger partial charge in [-0.05, 0) is 17.7 Å². The predicted octanol–water partition coefficient (Wildman–Crippen LogP) is 1.91. The zero-order chi connectivity index (χ0) is 19.6. The van der Waals surface area contributed by atoms with Crippen LogP contribution in [0.5, 0.6) is 0 Å². The summed E-state index contributed by atoms with van der Waals surface area (Å²) in [5.74, 6) is -2.49. The highest BCUT2D eigenvalue weighted by Gasteiger charge is 2.57. The first-order chi connectivity index (χ1) is 12.9. The number of Topliss-reactive ketones (excluding diaryl/α,β-unsaturated/α-hetero) is 1. The molecule has 0 spiro atoms. The molecule has 0 amide bonds. The van der Waals surface area contributed by atoms with Gasteiger partial charge < -0.3 is 14.2 Å². The molecule has 0 aliphatic carbocycles. The van der Waals surface area contributed by atoms with Crippen molar-refractivity contribution in [3.05, 3.63) is 47.0 Å². The maximum absolute atomic E-state index is 12.7. The predicted molar refractivity (Wildman–Crippen MR) is 98.5 cm³/mol. The van der Waals surface area contributed by atoms with Crippen molar-refractivity contribution in [3.63, 3.8) is 0 Å². The van der Waals surface area contributed by atoms with Gasteiger partial charge in [-0.15, -0.1) is 0 Å². The van der Waals surface area contributed by atoms with Crippen molar-refractivity contribution >= 4 is 33.7 Å². The number of fused-ring (bicyclic) bond motifs is 1. The summed E-state index contributed by atoms with van der Waals surface area (Å²) in [6.45, 7) is 4.65. The Hall–Kier alpha value is -2.03. The van der Waals surface area contributed by atoms with Crippen LogP contribution in [0.4, 0.5) is 0 Å². The summed E-state index contributed by atoms with van der Waals surface area (Å²) in [7, 11) is 0. The quantitative estimate of drug-likeness (QED) is 0.555. The van der Waals surface area contributed by atoms with Crippen molar-refractivity contribution in [3.8, 4) is 0 Å². The fourth-order valence-electron chi connectivity index (χ4n) is 3.64. The van der Waals surface area contributed by atoms with Crippen LogP contribution in [0.1, 0.15) is 18.5 Å². The Kier molecular flexibility index (Phi) is 6.08. The highest BCUT2D eigenvalue weighted by molar-refractivity contribution is 9.10. The van der Waals surface area contributed by atoms with Gasteiger partial charge in [-0.2, -0.15) is 0 Å². The third-order valence-corrected chi connectivity index (χ3v) is 5.23. The number of halogens is 1. The number of hydrogen-bond acceptors (Lipinski definition) is 7. The number of ether oxygens (including phenoxy) is 3. The SMILES string of the molecule is C=CCOC(=O)[C@H]1N[C@@H](c2ccc(Br)cc2)[C@H]2C(=O)CO[C@H](OC(C)=O)[C@H]21. The van der Waals surface area contributed by atoms with Gasteiger partial charge in [-0.25, -0.2) is 0 Å². The zero-order valence-electron chi connectivity index (χ0n) is 14.7. The van der Waals surface area contributed by atoms with E-state index >= 15 is 0 Å². The molecule has 2 aliphatic heterocycles. The van der Waals surface area contributed by atoms with E-state index in [1.165, 1.54) is 13.0 Å². The van der Waals surface area contributed by atoms with Crippen LogP contribution in [0.15, 0.2) is 41.4 Å². The number of esters is 2. The van der Waals surface area contributed by atoms with Gasteiger partial charge in [0.25, 0.3) is 0 Å². The van der Waals surface area contributed by atoms with Gasteiger partial charge in [0.1, 0.15) is 19.3 Å². The Bertz CT molecular complexity index is 749. The molecule has 0 radical (unpaired) electrons. The molecule has 144 valence electrons. The lowest BCUT2D eigenvalue weighted by Crippen LogP contribution is -2.49. The summed E-state index contributed by atoms with van der Waals surface area (Å²) in [4.78, 5) is 36.7. The Morgan fingerprint density at radius 1 is 1.37 bits per heavy atom. The van der Waals surface area contributed by atoms with Crippen molar-refractivity contribution in [1.29, 1.82) is 0 Å². The molecule has 2 aliphatic rings. The van der Waals surface area contributed by atoms with Gasteiger partial charge in [0, 0.05) is 17.4 Å². The van der Waals surface area contributed by atoms with Crippen molar-refractivity contribution in [2.24, 2.45) is 11.8 Å². The lowest BCUT2D eigenvalue weighted by atomic mass is 9.79. The average molecular weight is 438 g/mol. The second-order valence-corrected chi connectivity index (χ2v) is 7.37. The lowest BCUT2D eigenvalue weighted by molar-refractivity contribution is -0.209. The molecule has 2 saturated heterocycles. The van der Waals surface area contributed by atoms with E-state index in [1.54, 1.807) is 0 Å². The van der Waals surface area contributed by atoms with Gasteiger partial charge in [0.15, 0.2) is 5.78 Å². The second-order valence-electron chi connectivity index (χ2n) is 6.45. The van der Waals surface area contributed by atoms with Crippen LogP contribution >= 0.6 is 15.9 Å². The van der Waals surface area contributed by atoms with Gasteiger partial charge in [-0.1, -0.05) is 40.7 Å². The van der Waals surface area contributed by atoms with Crippen molar-refractivity contribution < 1.29 is 28.6 Å². The van der Waals surface area contributed by atoms with Gasteiger partial charge in [0.05, 0.1) is 11.8 Å². The summed E-state index contributed by atoms with van der Waals surface area (Å²) >= 11 is 3.39. The molecular weight excluding hydrogens is 418 g/mol. The molecule has 0 bridgehead atoms. The Balaban J connectivity index is 1.96. The molecule has 0 unspecified atom stereocenters. The number of carbonyl (C=O) groups excluding carboxylic acids is 3. The summed E-state index contributed by atoms with van der Waals surface area (Å²) in [5, 5.41) is 3.19. The van der Waals surface area contributed by atoms with E-state index < -0.39 is 42.1 Å². The van der Waals surface area contributed by atoms with Crippen molar-refractivity contribution in [2.75, 3.05) is 13.2 Å². The van der Waals surface area contributed by atoms with E-state index in [0.717, 1.165) is 10.0 Å². The number of benzene rings is 1. The van der Waals surface area contributed by atoms with Crippen LogP contribution < -0.4 is 5.32 Å². The highest BCUT2D eigenvalue weighted by atomic mass is 79.9. The smallest absolute Gasteiger partial charge is 0.324 e. The van der Waals surface area contributed by atoms with E-state index in [4.69, 9.17) is 14.2 Å². The molecule has 3 rings (SSSR count). The fraction of sp³-hybridized carbons (Fsp3) is 0.421. The van der Waals surface area contributed by atoms with Crippen molar-refractivity contribution in [1.82, 2.24) is 5.32 Å². The number of nitrogens with one attached hydrogen (secondary N) is 1. The average Bonchev–Trinajstić information content (AvgIpc) is 3.04. The molecule has 1 N–H and O–H groups in total. The molecule has 1 aromatic rings. The molecule has 2 heterocycles. The minimum Gasteiger partial charge on any atom is -0.460 e. The van der Waals surface area contributed by atoms with E-state index in [9.17, 15) is 14.4 Å². The minimum atomic E-state index is -1.00. The molecule has 2 fully saturated rings. The molecular formula is C19H20BrNO6. The molecule has 27 heavy (non-hydrogen) atoms. The molecule has 1 aromatic carbocycles. The number of carbonyl (C=O) groups is 3. The second kappa shape index (κ2) is 8.33. The lowest BCUT2D eigenvalue weighted by Gasteiger charge is -2.34. The molecule has 8 heteroatoms. The summed E-state index contributed by atoms with van der Waals surface area (Å²) in [5.41, 5.74) is 0.851. The Morgan fingerprint density at radius 3 is 2.70 bits per heavy atom. The standard InChI is InChI=1S/C19H20BrNO6/c1-3-8-25-18(24)17-15-14(13(23)9-26-19(15)27-10(2)22)16(21-17)11-4-6-12(20)7-5-11/h3-7,14-17,19,21H,1,8-9H2,2H3/t14-,15+,16-,17-,19+/m0/s1. The Labute approximate surface area is 165 Å². The van der Waals surface area contributed by atoms with Crippen LogP contribution in [0, 0.1) is 11.8 Å². The Morgan fingerprint density at radius 2 is 2.07 bits per heavy atom. The molecule has 0 saturated carbocycles. The maximum Gasteiger partial charge on any atom is 0.324 e. The van der Waals surface area contributed by atoms with E-state index in [-0.39, 0.29) is 19.0 Å². The van der Waals surface area contributed by atoms with Crippen LogP contribution in [-0.4, -0.2) is 43.3 Å². The number of rotatable bonds is 5. The first-order valence-corrected chi connectivity index (χ1v) is 9.32. The number of ketones is 1. The highest BCUT2D eigenvalue weighted by Crippen LogP contribution is 2.43. The van der Waals surface area contributed by atoms with Gasteiger partial charge >= 0.3 is 11.9 Å². The van der Waals surface area contributed by atoms with E-state index in [0.29, 0.717) is 0 Å². The monoisotopic (exact) mass is 437 g/mol. The summed E-state index contributed by atoms with van der Waals surface area (Å²) in [6, 6.07) is 6.21. The topological polar surface area (TPSA) is 90.9 Å². The third-order valence-electron chi connectivity index (χ3n) is 4.70. The van der Waals surface area contributed by atoms with Crippen LogP contribution in [-0.2, 0) is 28.6 Å². The van der Waals surface area contributed by atoms with E-state index in [1.807, 2.05) is 24.3 Å². The normalized spacial score (nSPS) is 29.7. The summed E-state index contributed by atoms with van der Waals surface area (Å²) in [6.07, 6.45) is 0.460. The molecule has 5 atom stereocenters. The van der Waals surface area contributed by atoms with E-state index in [2.05, 4.69) is 27.8 Å². The first-order valence-electron chi connectivity index (χ1n) is 8.53. The number of hydrogen-bond donors (Lipinski definition) is 1. The van der Waals surface area contributed by atoms with Gasteiger partial charge in [0.2, 0.25) is 6.29 Å². The largest absolute Gasteiger partial charge is 0.460 e. The van der Waals surface area contributed by atoms with Gasteiger partial charge in [-0.3, -0.25) is 19.7 Å². The fourth-order valence-corrected chi connectivity index (χ4v) is 3.91. The molecule has 7 nitrogen and oxygen atoms in total. The van der Waals surface area contributed by atoms with Crippen LogP contribution in [0.2, 0.25) is 0 Å². The minimum absolute atomic E-state index is 0.0460. The van der Waals surface area contributed by atoms with Crippen LogP contribution in [0.25, 0.3) is 0 Å². The third kappa shape index (κ3) is 4.12.